The molecule has 1 amide bonds. The number of hydrogen-bond donors (Lipinski definition) is 1. The molecular formula is C20H20N2O5. The zero-order valence-corrected chi connectivity index (χ0v) is 15.3. The maximum absolute atomic E-state index is 12.2. The SMILES string of the molecule is Cc1ccc(NC(=O)[C@H](C)OC(=O)/C=C/c2cccc([N+](=O)[O-])c2)c(C)c1. The summed E-state index contributed by atoms with van der Waals surface area (Å²) in [4.78, 5) is 34.3. The molecule has 0 saturated carbocycles. The predicted molar refractivity (Wildman–Crippen MR) is 102 cm³/mol. The molecule has 0 aromatic heterocycles. The number of ether oxygens (including phenoxy) is 1. The molecule has 2 aromatic rings. The van der Waals surface area contributed by atoms with Gasteiger partial charge in [0.1, 0.15) is 0 Å². The van der Waals surface area contributed by atoms with Crippen molar-refractivity contribution in [3.05, 3.63) is 75.3 Å². The number of rotatable bonds is 6. The Morgan fingerprint density at radius 3 is 2.59 bits per heavy atom. The van der Waals surface area contributed by atoms with Crippen LogP contribution in [0.4, 0.5) is 11.4 Å². The van der Waals surface area contributed by atoms with Crippen LogP contribution in [0.3, 0.4) is 0 Å². The Labute approximate surface area is 156 Å². The number of nitrogens with zero attached hydrogens (tertiary/aromatic N) is 1. The Morgan fingerprint density at radius 2 is 1.93 bits per heavy atom. The number of anilines is 1. The fraction of sp³-hybridized carbons (Fsp3) is 0.200. The fourth-order valence-electron chi connectivity index (χ4n) is 2.36. The summed E-state index contributed by atoms with van der Waals surface area (Å²) in [7, 11) is 0. The minimum absolute atomic E-state index is 0.0771. The van der Waals surface area contributed by atoms with Crippen LogP contribution in [-0.2, 0) is 14.3 Å². The zero-order chi connectivity index (χ0) is 20.0. The molecule has 2 aromatic carbocycles. The first-order valence-corrected chi connectivity index (χ1v) is 8.27. The van der Waals surface area contributed by atoms with Crippen LogP contribution in [0, 0.1) is 24.0 Å². The first kappa shape index (κ1) is 19.8. The first-order chi connectivity index (χ1) is 12.8. The van der Waals surface area contributed by atoms with E-state index in [0.717, 1.165) is 17.2 Å². The second-order valence-corrected chi connectivity index (χ2v) is 6.07. The van der Waals surface area contributed by atoms with Crippen LogP contribution in [0.2, 0.25) is 0 Å². The van der Waals surface area contributed by atoms with E-state index >= 15 is 0 Å². The van der Waals surface area contributed by atoms with Gasteiger partial charge in [0.25, 0.3) is 11.6 Å². The lowest BCUT2D eigenvalue weighted by atomic mass is 10.1. The van der Waals surface area contributed by atoms with Gasteiger partial charge in [0.05, 0.1) is 4.92 Å². The summed E-state index contributed by atoms with van der Waals surface area (Å²) in [5.41, 5.74) is 3.05. The van der Waals surface area contributed by atoms with Crippen molar-refractivity contribution in [3.8, 4) is 0 Å². The highest BCUT2D eigenvalue weighted by Gasteiger charge is 2.17. The lowest BCUT2D eigenvalue weighted by molar-refractivity contribution is -0.384. The molecule has 0 radical (unpaired) electrons. The van der Waals surface area contributed by atoms with Crippen molar-refractivity contribution in [1.29, 1.82) is 0 Å². The van der Waals surface area contributed by atoms with Crippen LogP contribution in [0.25, 0.3) is 6.08 Å². The molecule has 7 heteroatoms. The summed E-state index contributed by atoms with van der Waals surface area (Å²) in [6.07, 6.45) is 1.53. The van der Waals surface area contributed by atoms with E-state index in [4.69, 9.17) is 4.74 Å². The normalized spacial score (nSPS) is 11.8. The van der Waals surface area contributed by atoms with Gasteiger partial charge in [-0.25, -0.2) is 4.79 Å². The maximum atomic E-state index is 12.2. The monoisotopic (exact) mass is 368 g/mol. The van der Waals surface area contributed by atoms with Gasteiger partial charge >= 0.3 is 5.97 Å². The Bertz CT molecular complexity index is 905. The van der Waals surface area contributed by atoms with E-state index in [0.29, 0.717) is 11.3 Å². The van der Waals surface area contributed by atoms with Gasteiger partial charge < -0.3 is 10.1 Å². The molecule has 0 bridgehead atoms. The first-order valence-electron chi connectivity index (χ1n) is 8.27. The average Bonchev–Trinajstić information content (AvgIpc) is 2.62. The van der Waals surface area contributed by atoms with Gasteiger partial charge in [0.2, 0.25) is 0 Å². The Balaban J connectivity index is 1.95. The number of esters is 1. The highest BCUT2D eigenvalue weighted by Crippen LogP contribution is 2.17. The second kappa shape index (κ2) is 8.75. The van der Waals surface area contributed by atoms with Crippen molar-refractivity contribution in [3.63, 3.8) is 0 Å². The molecule has 0 aliphatic carbocycles. The highest BCUT2D eigenvalue weighted by molar-refractivity contribution is 5.97. The third-order valence-electron chi connectivity index (χ3n) is 3.79. The number of benzene rings is 2. The number of carbonyl (C=O) groups is 2. The number of hydrogen-bond acceptors (Lipinski definition) is 5. The van der Waals surface area contributed by atoms with Gasteiger partial charge in [-0.1, -0.05) is 29.8 Å². The average molecular weight is 368 g/mol. The summed E-state index contributed by atoms with van der Waals surface area (Å²) < 4.78 is 5.08. The second-order valence-electron chi connectivity index (χ2n) is 6.07. The number of non-ortho nitro benzene ring substituents is 1. The number of amides is 1. The third kappa shape index (κ3) is 5.78. The minimum atomic E-state index is -0.993. The summed E-state index contributed by atoms with van der Waals surface area (Å²) in [5, 5.41) is 13.5. The molecule has 27 heavy (non-hydrogen) atoms. The van der Waals surface area contributed by atoms with Crippen molar-refractivity contribution >= 4 is 29.3 Å². The lowest BCUT2D eigenvalue weighted by Gasteiger charge is -2.14. The van der Waals surface area contributed by atoms with E-state index in [1.54, 1.807) is 12.1 Å². The molecule has 0 aliphatic heterocycles. The van der Waals surface area contributed by atoms with E-state index in [9.17, 15) is 19.7 Å². The number of aryl methyl sites for hydroxylation is 2. The molecule has 0 spiro atoms. The highest BCUT2D eigenvalue weighted by atomic mass is 16.6. The summed E-state index contributed by atoms with van der Waals surface area (Å²) in [6, 6.07) is 11.4. The number of carbonyl (C=O) groups excluding carboxylic acids is 2. The molecule has 0 saturated heterocycles. The van der Waals surface area contributed by atoms with E-state index in [1.165, 1.54) is 31.2 Å². The molecule has 2 rings (SSSR count). The van der Waals surface area contributed by atoms with Crippen LogP contribution in [0.15, 0.2) is 48.5 Å². The van der Waals surface area contributed by atoms with Gasteiger partial charge in [-0.3, -0.25) is 14.9 Å². The Hall–Kier alpha value is -3.48. The lowest BCUT2D eigenvalue weighted by Crippen LogP contribution is -2.29. The Morgan fingerprint density at radius 1 is 1.19 bits per heavy atom. The van der Waals surface area contributed by atoms with Crippen LogP contribution < -0.4 is 5.32 Å². The minimum Gasteiger partial charge on any atom is -0.449 e. The van der Waals surface area contributed by atoms with Crippen molar-refractivity contribution in [2.24, 2.45) is 0 Å². The molecule has 0 fully saturated rings. The molecule has 7 nitrogen and oxygen atoms in total. The fourth-order valence-corrected chi connectivity index (χ4v) is 2.36. The van der Waals surface area contributed by atoms with Crippen LogP contribution >= 0.6 is 0 Å². The molecule has 0 aliphatic rings. The van der Waals surface area contributed by atoms with Gasteiger partial charge in [-0.2, -0.15) is 0 Å². The molecule has 0 heterocycles. The van der Waals surface area contributed by atoms with E-state index in [2.05, 4.69) is 5.32 Å². The summed E-state index contributed by atoms with van der Waals surface area (Å²) in [5.74, 6) is -1.16. The Kier molecular flexibility index (Phi) is 6.43. The summed E-state index contributed by atoms with van der Waals surface area (Å²) in [6.45, 7) is 5.30. The van der Waals surface area contributed by atoms with E-state index in [1.807, 2.05) is 26.0 Å². The van der Waals surface area contributed by atoms with Gasteiger partial charge in [-0.05, 0) is 44.0 Å². The van der Waals surface area contributed by atoms with Crippen LogP contribution in [0.5, 0.6) is 0 Å². The maximum Gasteiger partial charge on any atom is 0.331 e. The smallest absolute Gasteiger partial charge is 0.331 e. The summed E-state index contributed by atoms with van der Waals surface area (Å²) >= 11 is 0. The van der Waals surface area contributed by atoms with E-state index < -0.39 is 22.9 Å². The zero-order valence-electron chi connectivity index (χ0n) is 15.3. The number of nitro benzene ring substituents is 1. The predicted octanol–water partition coefficient (Wildman–Crippen LogP) is 3.80. The largest absolute Gasteiger partial charge is 0.449 e. The molecule has 140 valence electrons. The quantitative estimate of drug-likeness (QED) is 0.362. The van der Waals surface area contributed by atoms with Gasteiger partial charge in [0.15, 0.2) is 6.10 Å². The number of nitro groups is 1. The number of nitrogens with one attached hydrogen (secondary N) is 1. The van der Waals surface area contributed by atoms with Crippen molar-refractivity contribution in [2.45, 2.75) is 26.9 Å². The van der Waals surface area contributed by atoms with Crippen LogP contribution in [-0.4, -0.2) is 22.9 Å². The topological polar surface area (TPSA) is 98.5 Å². The van der Waals surface area contributed by atoms with Gasteiger partial charge in [-0.15, -0.1) is 0 Å². The molecule has 0 unspecified atom stereocenters. The standard InChI is InChI=1S/C20H20N2O5/c1-13-7-9-18(14(2)11-13)21-20(24)15(3)27-19(23)10-8-16-5-4-6-17(12-16)22(25)26/h4-12,15H,1-3H3,(H,21,24)/b10-8+/t15-/m0/s1. The molecule has 1 atom stereocenters. The van der Waals surface area contributed by atoms with Crippen molar-refractivity contribution in [1.82, 2.24) is 0 Å². The third-order valence-corrected chi connectivity index (χ3v) is 3.79. The van der Waals surface area contributed by atoms with Crippen molar-refractivity contribution in [2.75, 3.05) is 5.32 Å². The van der Waals surface area contributed by atoms with Crippen molar-refractivity contribution < 1.29 is 19.2 Å². The van der Waals surface area contributed by atoms with Crippen LogP contribution in [0.1, 0.15) is 23.6 Å². The van der Waals surface area contributed by atoms with E-state index in [-0.39, 0.29) is 5.69 Å². The molecular weight excluding hydrogens is 348 g/mol. The molecule has 1 N–H and O–H groups in total. The van der Waals surface area contributed by atoms with Gasteiger partial charge in [0, 0.05) is 23.9 Å².